The van der Waals surface area contributed by atoms with Crippen molar-refractivity contribution >= 4 is 17.5 Å². The van der Waals surface area contributed by atoms with Crippen molar-refractivity contribution in [1.82, 2.24) is 0 Å². The molecule has 15 heavy (non-hydrogen) atoms. The third-order valence-electron chi connectivity index (χ3n) is 1.80. The Labute approximate surface area is 87.3 Å². The van der Waals surface area contributed by atoms with Crippen LogP contribution < -0.4 is 0 Å². The van der Waals surface area contributed by atoms with Gasteiger partial charge in [-0.25, -0.2) is 4.79 Å². The second kappa shape index (κ2) is 5.05. The Bertz CT molecular complexity index is 380. The van der Waals surface area contributed by atoms with Gasteiger partial charge in [0.05, 0.1) is 6.54 Å². The maximum Gasteiger partial charge on any atom is 0.357 e. The number of benzene rings is 1. The number of carboxylic acids is 1. The van der Waals surface area contributed by atoms with E-state index >= 15 is 0 Å². The lowest BCUT2D eigenvalue weighted by molar-refractivity contribution is -0.130. The Balaban J connectivity index is 2.79. The average molecular weight is 205 g/mol. The number of hydrogen-bond acceptors (Lipinski definition) is 3. The van der Waals surface area contributed by atoms with Gasteiger partial charge in [0, 0.05) is 6.92 Å². The summed E-state index contributed by atoms with van der Waals surface area (Å²) in [6, 6.07) is 9.17. The zero-order valence-electron chi connectivity index (χ0n) is 8.30. The van der Waals surface area contributed by atoms with Crippen LogP contribution >= 0.6 is 0 Å². The molecular formula is C11H11NO3. The van der Waals surface area contributed by atoms with Gasteiger partial charge in [0.1, 0.15) is 0 Å². The molecule has 1 aromatic carbocycles. The van der Waals surface area contributed by atoms with E-state index in [0.717, 1.165) is 5.56 Å². The van der Waals surface area contributed by atoms with Crippen LogP contribution in [-0.2, 0) is 16.1 Å². The number of carboxylic acid groups (broad SMARTS) is 1. The Kier molecular flexibility index (Phi) is 3.74. The highest BCUT2D eigenvalue weighted by molar-refractivity contribution is 6.63. The van der Waals surface area contributed by atoms with E-state index in [-0.39, 0.29) is 6.54 Å². The first-order valence-electron chi connectivity index (χ1n) is 4.44. The third-order valence-corrected chi connectivity index (χ3v) is 1.80. The van der Waals surface area contributed by atoms with Gasteiger partial charge in [0.15, 0.2) is 11.5 Å². The maximum absolute atomic E-state index is 10.9. The van der Waals surface area contributed by atoms with Crippen LogP contribution in [0.2, 0.25) is 0 Å². The van der Waals surface area contributed by atoms with Crippen LogP contribution in [0.5, 0.6) is 0 Å². The number of aliphatic imine (C=N–C) groups is 1. The molecule has 0 aliphatic rings. The van der Waals surface area contributed by atoms with Crippen LogP contribution in [0.4, 0.5) is 0 Å². The molecule has 0 aliphatic heterocycles. The summed E-state index contributed by atoms with van der Waals surface area (Å²) in [5.74, 6) is -1.81. The van der Waals surface area contributed by atoms with E-state index in [0.29, 0.717) is 0 Å². The number of hydrogen-bond donors (Lipinski definition) is 1. The predicted octanol–water partition coefficient (Wildman–Crippen LogP) is 1.30. The summed E-state index contributed by atoms with van der Waals surface area (Å²) in [6.07, 6.45) is 0. The summed E-state index contributed by atoms with van der Waals surface area (Å²) in [6.45, 7) is 1.40. The molecule has 0 aromatic heterocycles. The SMILES string of the molecule is CC(=O)C(=NCc1ccccc1)C(=O)O. The second-order valence-corrected chi connectivity index (χ2v) is 3.01. The van der Waals surface area contributed by atoms with Crippen molar-refractivity contribution in [2.24, 2.45) is 4.99 Å². The number of aliphatic carboxylic acids is 1. The van der Waals surface area contributed by atoms with Gasteiger partial charge in [0.2, 0.25) is 0 Å². The van der Waals surface area contributed by atoms with Gasteiger partial charge in [-0.05, 0) is 5.56 Å². The molecule has 0 unspecified atom stereocenters. The first-order valence-corrected chi connectivity index (χ1v) is 4.44. The van der Waals surface area contributed by atoms with E-state index in [4.69, 9.17) is 5.11 Å². The summed E-state index contributed by atoms with van der Waals surface area (Å²) in [5.41, 5.74) is 0.469. The highest BCUT2D eigenvalue weighted by atomic mass is 16.4. The second-order valence-electron chi connectivity index (χ2n) is 3.01. The fourth-order valence-corrected chi connectivity index (χ4v) is 1.08. The Morgan fingerprint density at radius 1 is 1.27 bits per heavy atom. The van der Waals surface area contributed by atoms with Gasteiger partial charge < -0.3 is 5.11 Å². The number of ketones is 1. The summed E-state index contributed by atoms with van der Waals surface area (Å²) < 4.78 is 0. The van der Waals surface area contributed by atoms with Crippen LogP contribution in [-0.4, -0.2) is 22.6 Å². The van der Waals surface area contributed by atoms with Crippen molar-refractivity contribution in [2.75, 3.05) is 0 Å². The minimum atomic E-state index is -1.28. The van der Waals surface area contributed by atoms with Crippen molar-refractivity contribution in [2.45, 2.75) is 13.5 Å². The first-order chi connectivity index (χ1) is 7.11. The average Bonchev–Trinajstić information content (AvgIpc) is 2.18. The molecule has 4 nitrogen and oxygen atoms in total. The van der Waals surface area contributed by atoms with Gasteiger partial charge in [-0.15, -0.1) is 0 Å². The van der Waals surface area contributed by atoms with E-state index in [2.05, 4.69) is 4.99 Å². The van der Waals surface area contributed by atoms with Crippen molar-refractivity contribution in [3.63, 3.8) is 0 Å². The fourth-order valence-electron chi connectivity index (χ4n) is 1.08. The molecule has 0 heterocycles. The molecule has 0 atom stereocenters. The fraction of sp³-hybridized carbons (Fsp3) is 0.182. The lowest BCUT2D eigenvalue weighted by Gasteiger charge is -1.97. The molecule has 78 valence electrons. The first kappa shape index (κ1) is 11.1. The highest BCUT2D eigenvalue weighted by Gasteiger charge is 2.13. The molecule has 0 bridgehead atoms. The number of Topliss-reactive ketones (excluding diaryl/α,β-unsaturated/α-hetero) is 1. The Hall–Kier alpha value is -1.97. The minimum absolute atomic E-state index is 0.210. The lowest BCUT2D eigenvalue weighted by atomic mass is 10.2. The third kappa shape index (κ3) is 3.34. The Morgan fingerprint density at radius 2 is 1.87 bits per heavy atom. The van der Waals surface area contributed by atoms with Crippen LogP contribution in [0.15, 0.2) is 35.3 Å². The summed E-state index contributed by atoms with van der Waals surface area (Å²) in [7, 11) is 0. The quantitative estimate of drug-likeness (QED) is 0.595. The van der Waals surface area contributed by atoms with Gasteiger partial charge in [-0.2, -0.15) is 0 Å². The molecule has 0 amide bonds. The summed E-state index contributed by atoms with van der Waals surface area (Å²) in [5, 5.41) is 8.67. The molecule has 1 rings (SSSR count). The molecule has 0 fully saturated rings. The van der Waals surface area contributed by atoms with E-state index in [1.165, 1.54) is 6.92 Å². The van der Waals surface area contributed by atoms with Crippen molar-refractivity contribution in [3.8, 4) is 0 Å². The molecule has 4 heteroatoms. The molecule has 0 aliphatic carbocycles. The summed E-state index contributed by atoms with van der Waals surface area (Å²) >= 11 is 0. The zero-order valence-corrected chi connectivity index (χ0v) is 8.30. The van der Waals surface area contributed by atoms with Crippen molar-refractivity contribution in [1.29, 1.82) is 0 Å². The predicted molar refractivity (Wildman–Crippen MR) is 55.9 cm³/mol. The minimum Gasteiger partial charge on any atom is -0.476 e. The summed E-state index contributed by atoms with van der Waals surface area (Å²) in [4.78, 5) is 25.3. The Morgan fingerprint density at radius 3 is 2.33 bits per heavy atom. The van der Waals surface area contributed by atoms with Crippen LogP contribution in [0.1, 0.15) is 12.5 Å². The normalized spacial score (nSPS) is 11.1. The number of carbonyl (C=O) groups is 2. The van der Waals surface area contributed by atoms with E-state index in [9.17, 15) is 9.59 Å². The van der Waals surface area contributed by atoms with Gasteiger partial charge >= 0.3 is 5.97 Å². The van der Waals surface area contributed by atoms with Crippen molar-refractivity contribution < 1.29 is 14.7 Å². The molecule has 1 N–H and O–H groups in total. The van der Waals surface area contributed by atoms with Gasteiger partial charge in [-0.1, -0.05) is 30.3 Å². The van der Waals surface area contributed by atoms with Crippen LogP contribution in [0.25, 0.3) is 0 Å². The van der Waals surface area contributed by atoms with Crippen molar-refractivity contribution in [3.05, 3.63) is 35.9 Å². The standard InChI is InChI=1S/C11H11NO3/c1-8(13)10(11(14)15)12-7-9-5-3-2-4-6-9/h2-6H,7H2,1H3,(H,14,15). The largest absolute Gasteiger partial charge is 0.476 e. The topological polar surface area (TPSA) is 66.7 Å². The van der Waals surface area contributed by atoms with E-state index in [1.807, 2.05) is 30.3 Å². The molecular weight excluding hydrogens is 194 g/mol. The molecule has 0 saturated carbocycles. The highest BCUT2D eigenvalue weighted by Crippen LogP contribution is 2.00. The molecule has 0 spiro atoms. The molecule has 0 saturated heterocycles. The smallest absolute Gasteiger partial charge is 0.357 e. The molecule has 0 radical (unpaired) electrons. The van der Waals surface area contributed by atoms with Gasteiger partial charge in [-0.3, -0.25) is 9.79 Å². The van der Waals surface area contributed by atoms with Gasteiger partial charge in [0.25, 0.3) is 0 Å². The maximum atomic E-state index is 10.9. The lowest BCUT2D eigenvalue weighted by Crippen LogP contribution is -2.21. The van der Waals surface area contributed by atoms with Crippen LogP contribution in [0, 0.1) is 0 Å². The zero-order chi connectivity index (χ0) is 11.3. The number of carbonyl (C=O) groups excluding carboxylic acids is 1. The number of nitrogens with zero attached hydrogens (tertiary/aromatic N) is 1. The number of rotatable bonds is 4. The van der Waals surface area contributed by atoms with E-state index < -0.39 is 17.5 Å². The monoisotopic (exact) mass is 205 g/mol. The van der Waals surface area contributed by atoms with E-state index in [1.54, 1.807) is 0 Å². The van der Waals surface area contributed by atoms with Crippen LogP contribution in [0.3, 0.4) is 0 Å². The molecule has 1 aromatic rings.